The van der Waals surface area contributed by atoms with Gasteiger partial charge in [0.2, 0.25) is 0 Å². The van der Waals surface area contributed by atoms with Crippen molar-refractivity contribution in [2.24, 2.45) is 5.92 Å². The Morgan fingerprint density at radius 1 is 1.13 bits per heavy atom. The molecule has 0 fully saturated rings. The fourth-order valence-electron chi connectivity index (χ4n) is 3.80. The lowest BCUT2D eigenvalue weighted by Gasteiger charge is -2.38. The highest BCUT2D eigenvalue weighted by Gasteiger charge is 2.39. The summed E-state index contributed by atoms with van der Waals surface area (Å²) in [6.07, 6.45) is 5.64. The molecule has 1 aliphatic carbocycles. The second kappa shape index (κ2) is 5.77. The molecule has 23 heavy (non-hydrogen) atoms. The molecule has 4 rings (SSSR count). The average molecular weight is 346 g/mol. The quantitative estimate of drug-likeness (QED) is 0.691. The van der Waals surface area contributed by atoms with Crippen LogP contribution in [0.1, 0.15) is 29.5 Å². The standard InChI is InChI=1S/C19H17Cl2NO/c1-23-17-7-3-6-14-12-4-2-5-13(12)18(22-19(14)17)11-8-9-15(20)16(21)10-11/h2-4,6-10,12-13,18,22H,5H2,1H3/t12-,13-,18-/m1/s1. The second-order valence-corrected chi connectivity index (χ2v) is 6.89. The number of ether oxygens (including phenoxy) is 1. The minimum atomic E-state index is 0.188. The molecule has 0 saturated carbocycles. The van der Waals surface area contributed by atoms with Crippen LogP contribution in [0, 0.1) is 5.92 Å². The molecule has 2 aromatic rings. The van der Waals surface area contributed by atoms with Crippen LogP contribution >= 0.6 is 23.2 Å². The lowest BCUT2D eigenvalue weighted by atomic mass is 9.77. The summed E-state index contributed by atoms with van der Waals surface area (Å²) in [7, 11) is 1.71. The number of methoxy groups -OCH3 is 1. The molecule has 0 spiro atoms. The normalized spacial score (nSPS) is 24.7. The Kier molecular flexibility index (Phi) is 3.74. The highest BCUT2D eigenvalue weighted by atomic mass is 35.5. The molecule has 0 saturated heterocycles. The number of benzene rings is 2. The molecular weight excluding hydrogens is 329 g/mol. The van der Waals surface area contributed by atoms with Gasteiger partial charge in [0, 0.05) is 5.92 Å². The number of rotatable bonds is 2. The smallest absolute Gasteiger partial charge is 0.142 e. The predicted octanol–water partition coefficient (Wildman–Crippen LogP) is 5.83. The van der Waals surface area contributed by atoms with E-state index in [-0.39, 0.29) is 6.04 Å². The number of fused-ring (bicyclic) bond motifs is 3. The van der Waals surface area contributed by atoms with Gasteiger partial charge >= 0.3 is 0 Å². The van der Waals surface area contributed by atoms with Gasteiger partial charge in [0.05, 0.1) is 28.9 Å². The summed E-state index contributed by atoms with van der Waals surface area (Å²) < 4.78 is 5.55. The first-order valence-corrected chi connectivity index (χ1v) is 8.49. The molecule has 2 aliphatic rings. The predicted molar refractivity (Wildman–Crippen MR) is 95.8 cm³/mol. The van der Waals surface area contributed by atoms with Gasteiger partial charge in [-0.1, -0.05) is 53.6 Å². The first-order valence-electron chi connectivity index (χ1n) is 7.74. The molecule has 0 unspecified atom stereocenters. The van der Waals surface area contributed by atoms with Crippen LogP contribution in [0.25, 0.3) is 0 Å². The van der Waals surface area contributed by atoms with E-state index in [1.165, 1.54) is 5.56 Å². The van der Waals surface area contributed by atoms with Gasteiger partial charge in [0.15, 0.2) is 0 Å². The van der Waals surface area contributed by atoms with Crippen molar-refractivity contribution in [1.29, 1.82) is 0 Å². The third-order valence-corrected chi connectivity index (χ3v) is 5.62. The Bertz CT molecular complexity index is 787. The Balaban J connectivity index is 1.82. The van der Waals surface area contributed by atoms with Crippen LogP contribution < -0.4 is 10.1 Å². The highest BCUT2D eigenvalue weighted by Crippen LogP contribution is 2.52. The summed E-state index contributed by atoms with van der Waals surface area (Å²) in [4.78, 5) is 0. The van der Waals surface area contributed by atoms with Gasteiger partial charge in [-0.05, 0) is 41.7 Å². The molecule has 118 valence electrons. The first kappa shape index (κ1) is 14.9. The topological polar surface area (TPSA) is 21.3 Å². The van der Waals surface area contributed by atoms with E-state index in [0.717, 1.165) is 23.4 Å². The Hall–Kier alpha value is -1.64. The summed E-state index contributed by atoms with van der Waals surface area (Å²) in [5, 5.41) is 4.87. The van der Waals surface area contributed by atoms with E-state index in [1.54, 1.807) is 7.11 Å². The van der Waals surface area contributed by atoms with Crippen molar-refractivity contribution in [2.75, 3.05) is 12.4 Å². The van der Waals surface area contributed by atoms with Gasteiger partial charge in [0.1, 0.15) is 5.75 Å². The van der Waals surface area contributed by atoms with Crippen molar-refractivity contribution < 1.29 is 4.74 Å². The number of hydrogen-bond donors (Lipinski definition) is 1. The van der Waals surface area contributed by atoms with E-state index in [0.29, 0.717) is 21.9 Å². The van der Waals surface area contributed by atoms with Crippen LogP contribution in [0.2, 0.25) is 10.0 Å². The Labute approximate surface area is 146 Å². The maximum atomic E-state index is 6.23. The molecule has 0 amide bonds. The fraction of sp³-hybridized carbons (Fsp3) is 0.263. The van der Waals surface area contributed by atoms with Gasteiger partial charge in [-0.25, -0.2) is 0 Å². The van der Waals surface area contributed by atoms with Crippen LogP contribution in [0.3, 0.4) is 0 Å². The van der Waals surface area contributed by atoms with Crippen molar-refractivity contribution in [3.05, 3.63) is 69.7 Å². The van der Waals surface area contributed by atoms with E-state index in [2.05, 4.69) is 35.7 Å². The molecule has 1 aliphatic heterocycles. The number of anilines is 1. The first-order chi connectivity index (χ1) is 11.2. The van der Waals surface area contributed by atoms with Gasteiger partial charge in [-0.3, -0.25) is 0 Å². The van der Waals surface area contributed by atoms with E-state index in [4.69, 9.17) is 27.9 Å². The summed E-state index contributed by atoms with van der Waals surface area (Å²) in [5.74, 6) is 1.76. The van der Waals surface area contributed by atoms with E-state index in [9.17, 15) is 0 Å². The van der Waals surface area contributed by atoms with E-state index >= 15 is 0 Å². The maximum absolute atomic E-state index is 6.23. The van der Waals surface area contributed by atoms with Crippen molar-refractivity contribution >= 4 is 28.9 Å². The van der Waals surface area contributed by atoms with Crippen LogP contribution in [0.5, 0.6) is 5.75 Å². The van der Waals surface area contributed by atoms with Crippen LogP contribution in [-0.2, 0) is 0 Å². The molecule has 0 bridgehead atoms. The van der Waals surface area contributed by atoms with Gasteiger partial charge < -0.3 is 10.1 Å². The maximum Gasteiger partial charge on any atom is 0.142 e. The van der Waals surface area contributed by atoms with E-state index < -0.39 is 0 Å². The largest absolute Gasteiger partial charge is 0.495 e. The molecule has 2 aromatic carbocycles. The average Bonchev–Trinajstić information content (AvgIpc) is 3.06. The van der Waals surface area contributed by atoms with Gasteiger partial charge in [-0.15, -0.1) is 0 Å². The van der Waals surface area contributed by atoms with Gasteiger partial charge in [-0.2, -0.15) is 0 Å². The number of nitrogens with one attached hydrogen (secondary N) is 1. The van der Waals surface area contributed by atoms with Crippen LogP contribution in [-0.4, -0.2) is 7.11 Å². The second-order valence-electron chi connectivity index (χ2n) is 6.07. The molecular formula is C19H17Cl2NO. The summed E-state index contributed by atoms with van der Waals surface area (Å²) >= 11 is 12.3. The minimum absolute atomic E-state index is 0.188. The third-order valence-electron chi connectivity index (χ3n) is 4.88. The molecule has 4 heteroatoms. The SMILES string of the molecule is COc1cccc2c1N[C@H](c1ccc(Cl)c(Cl)c1)[C@@H]1CC=C[C@@H]21. The lowest BCUT2D eigenvalue weighted by molar-refractivity contribution is 0.397. The van der Waals surface area contributed by atoms with Crippen molar-refractivity contribution in [3.63, 3.8) is 0 Å². The number of para-hydroxylation sites is 1. The Morgan fingerprint density at radius 2 is 2.00 bits per heavy atom. The number of allylic oxidation sites excluding steroid dienone is 2. The van der Waals surface area contributed by atoms with Gasteiger partial charge in [0.25, 0.3) is 0 Å². The zero-order valence-corrected chi connectivity index (χ0v) is 14.2. The summed E-state index contributed by atoms with van der Waals surface area (Å²) in [5.41, 5.74) is 3.55. The molecule has 3 atom stereocenters. The Morgan fingerprint density at radius 3 is 2.78 bits per heavy atom. The van der Waals surface area contributed by atoms with Crippen molar-refractivity contribution in [2.45, 2.75) is 18.4 Å². The molecule has 0 aromatic heterocycles. The van der Waals surface area contributed by atoms with Crippen LogP contribution in [0.15, 0.2) is 48.6 Å². The molecule has 1 heterocycles. The lowest BCUT2D eigenvalue weighted by Crippen LogP contribution is -2.29. The molecule has 1 N–H and O–H groups in total. The number of hydrogen-bond acceptors (Lipinski definition) is 2. The zero-order chi connectivity index (χ0) is 16.0. The molecule has 0 radical (unpaired) electrons. The number of halogens is 2. The summed E-state index contributed by atoms with van der Waals surface area (Å²) in [6, 6.07) is 12.3. The third kappa shape index (κ3) is 2.41. The fourth-order valence-corrected chi connectivity index (χ4v) is 4.11. The zero-order valence-electron chi connectivity index (χ0n) is 12.7. The monoisotopic (exact) mass is 345 g/mol. The summed E-state index contributed by atoms with van der Waals surface area (Å²) in [6.45, 7) is 0. The molecule has 2 nitrogen and oxygen atoms in total. The van der Waals surface area contributed by atoms with Crippen molar-refractivity contribution in [1.82, 2.24) is 0 Å². The highest BCUT2D eigenvalue weighted by molar-refractivity contribution is 6.42. The van der Waals surface area contributed by atoms with E-state index in [1.807, 2.05) is 18.2 Å². The van der Waals surface area contributed by atoms with Crippen LogP contribution in [0.4, 0.5) is 5.69 Å². The minimum Gasteiger partial charge on any atom is -0.495 e. The van der Waals surface area contributed by atoms with Crippen molar-refractivity contribution in [3.8, 4) is 5.75 Å².